The van der Waals surface area contributed by atoms with E-state index in [0.29, 0.717) is 23.7 Å². The standard InChI is InChI=1S/C14H15BrN2O/c1-2-7-17(9-10-3-4-10)14(18)11-5-6-13(16)12(15)8-11/h1,5-6,8,10H,3-4,7,9,16H2. The summed E-state index contributed by atoms with van der Waals surface area (Å²) in [6.07, 6.45) is 7.71. The summed E-state index contributed by atoms with van der Waals surface area (Å²) in [5, 5.41) is 0. The number of halogens is 1. The highest BCUT2D eigenvalue weighted by Crippen LogP contribution is 2.30. The third kappa shape index (κ3) is 3.05. The van der Waals surface area contributed by atoms with Crippen molar-refractivity contribution in [3.8, 4) is 12.3 Å². The van der Waals surface area contributed by atoms with Crippen LogP contribution in [0.15, 0.2) is 22.7 Å². The molecule has 18 heavy (non-hydrogen) atoms. The minimum absolute atomic E-state index is 0.0273. The Morgan fingerprint density at radius 3 is 2.83 bits per heavy atom. The molecule has 1 fully saturated rings. The van der Waals surface area contributed by atoms with Crippen molar-refractivity contribution >= 4 is 27.5 Å². The maximum atomic E-state index is 12.3. The number of hydrogen-bond donors (Lipinski definition) is 1. The third-order valence-corrected chi connectivity index (χ3v) is 3.68. The van der Waals surface area contributed by atoms with Crippen molar-refractivity contribution in [2.45, 2.75) is 12.8 Å². The van der Waals surface area contributed by atoms with E-state index < -0.39 is 0 Å². The number of anilines is 1. The lowest BCUT2D eigenvalue weighted by Gasteiger charge is -2.20. The first-order valence-corrected chi connectivity index (χ1v) is 6.69. The maximum Gasteiger partial charge on any atom is 0.254 e. The van der Waals surface area contributed by atoms with Crippen LogP contribution in [-0.2, 0) is 0 Å². The van der Waals surface area contributed by atoms with E-state index in [1.807, 2.05) is 0 Å². The fourth-order valence-electron chi connectivity index (χ4n) is 1.78. The predicted molar refractivity (Wildman–Crippen MR) is 76.0 cm³/mol. The van der Waals surface area contributed by atoms with E-state index in [-0.39, 0.29) is 5.91 Å². The highest BCUT2D eigenvalue weighted by atomic mass is 79.9. The van der Waals surface area contributed by atoms with Gasteiger partial charge in [-0.25, -0.2) is 0 Å². The second-order valence-corrected chi connectivity index (χ2v) is 5.42. The van der Waals surface area contributed by atoms with E-state index in [1.54, 1.807) is 23.1 Å². The molecule has 0 spiro atoms. The summed E-state index contributed by atoms with van der Waals surface area (Å²) in [5.74, 6) is 3.14. The highest BCUT2D eigenvalue weighted by Gasteiger charge is 2.26. The van der Waals surface area contributed by atoms with E-state index in [2.05, 4.69) is 21.9 Å². The molecule has 2 N–H and O–H groups in total. The molecule has 0 bridgehead atoms. The number of terminal acetylenes is 1. The van der Waals surface area contributed by atoms with Gasteiger partial charge in [0.15, 0.2) is 0 Å². The molecule has 2 rings (SSSR count). The Morgan fingerprint density at radius 1 is 1.56 bits per heavy atom. The van der Waals surface area contributed by atoms with Gasteiger partial charge in [0.05, 0.1) is 6.54 Å². The summed E-state index contributed by atoms with van der Waals surface area (Å²) in [6, 6.07) is 5.20. The second-order valence-electron chi connectivity index (χ2n) is 4.57. The molecule has 4 heteroatoms. The summed E-state index contributed by atoms with van der Waals surface area (Å²) in [6.45, 7) is 1.11. The van der Waals surface area contributed by atoms with Crippen LogP contribution in [0.2, 0.25) is 0 Å². The topological polar surface area (TPSA) is 46.3 Å². The molecule has 1 aliphatic carbocycles. The van der Waals surface area contributed by atoms with Gasteiger partial charge in [-0.1, -0.05) is 5.92 Å². The van der Waals surface area contributed by atoms with Crippen LogP contribution in [0.4, 0.5) is 5.69 Å². The van der Waals surface area contributed by atoms with Crippen LogP contribution in [0.5, 0.6) is 0 Å². The van der Waals surface area contributed by atoms with Crippen molar-refractivity contribution in [3.05, 3.63) is 28.2 Å². The van der Waals surface area contributed by atoms with Gasteiger partial charge in [-0.15, -0.1) is 6.42 Å². The Labute approximate surface area is 115 Å². The number of carbonyl (C=O) groups is 1. The molecule has 0 radical (unpaired) electrons. The van der Waals surface area contributed by atoms with Gasteiger partial charge in [-0.05, 0) is 52.9 Å². The van der Waals surface area contributed by atoms with E-state index >= 15 is 0 Å². The summed E-state index contributed by atoms with van der Waals surface area (Å²) >= 11 is 3.33. The molecule has 0 unspecified atom stereocenters. The van der Waals surface area contributed by atoms with Gasteiger partial charge in [0.2, 0.25) is 0 Å². The molecular weight excluding hydrogens is 292 g/mol. The van der Waals surface area contributed by atoms with E-state index in [4.69, 9.17) is 12.2 Å². The molecule has 1 amide bonds. The van der Waals surface area contributed by atoms with Crippen LogP contribution in [-0.4, -0.2) is 23.9 Å². The Morgan fingerprint density at radius 2 is 2.28 bits per heavy atom. The Kier molecular flexibility index (Phi) is 3.93. The third-order valence-electron chi connectivity index (χ3n) is 2.99. The number of carbonyl (C=O) groups excluding carboxylic acids is 1. The number of hydrogen-bond acceptors (Lipinski definition) is 2. The molecule has 1 aromatic rings. The number of nitrogens with zero attached hydrogens (tertiary/aromatic N) is 1. The SMILES string of the molecule is C#CCN(CC1CC1)C(=O)c1ccc(N)c(Br)c1. The molecular formula is C14H15BrN2O. The van der Waals surface area contributed by atoms with Crippen LogP contribution in [0.3, 0.4) is 0 Å². The molecule has 1 aliphatic rings. The van der Waals surface area contributed by atoms with Gasteiger partial charge in [-0.3, -0.25) is 4.79 Å². The monoisotopic (exact) mass is 306 g/mol. The first kappa shape index (κ1) is 13.0. The van der Waals surface area contributed by atoms with Crippen molar-refractivity contribution in [2.75, 3.05) is 18.8 Å². The quantitative estimate of drug-likeness (QED) is 0.686. The largest absolute Gasteiger partial charge is 0.398 e. The van der Waals surface area contributed by atoms with Gasteiger partial charge in [0, 0.05) is 22.3 Å². The minimum atomic E-state index is -0.0273. The van der Waals surface area contributed by atoms with E-state index in [0.717, 1.165) is 11.0 Å². The average Bonchev–Trinajstić information content (AvgIpc) is 3.15. The molecule has 94 valence electrons. The molecule has 0 atom stereocenters. The lowest BCUT2D eigenvalue weighted by molar-refractivity contribution is 0.0770. The first-order chi connectivity index (χ1) is 8.61. The molecule has 0 heterocycles. The summed E-state index contributed by atoms with van der Waals surface area (Å²) < 4.78 is 0.737. The summed E-state index contributed by atoms with van der Waals surface area (Å²) in [7, 11) is 0. The van der Waals surface area contributed by atoms with Gasteiger partial charge in [-0.2, -0.15) is 0 Å². The summed E-state index contributed by atoms with van der Waals surface area (Å²) in [4.78, 5) is 14.1. The van der Waals surface area contributed by atoms with Crippen LogP contribution < -0.4 is 5.73 Å². The van der Waals surface area contributed by atoms with Gasteiger partial charge in [0.25, 0.3) is 5.91 Å². The Balaban J connectivity index is 2.15. The van der Waals surface area contributed by atoms with Crippen LogP contribution in [0.25, 0.3) is 0 Å². The van der Waals surface area contributed by atoms with Gasteiger partial charge >= 0.3 is 0 Å². The predicted octanol–water partition coefficient (Wildman–Crippen LogP) is 2.52. The Hall–Kier alpha value is -1.47. The number of nitrogen functional groups attached to an aromatic ring is 1. The van der Waals surface area contributed by atoms with Crippen molar-refractivity contribution in [2.24, 2.45) is 5.92 Å². The highest BCUT2D eigenvalue weighted by molar-refractivity contribution is 9.10. The molecule has 0 aromatic heterocycles. The normalized spacial score (nSPS) is 14.0. The Bertz CT molecular complexity index is 503. The number of nitrogens with two attached hydrogens (primary N) is 1. The number of benzene rings is 1. The van der Waals surface area contributed by atoms with Crippen LogP contribution in [0, 0.1) is 18.3 Å². The lowest BCUT2D eigenvalue weighted by atomic mass is 10.1. The zero-order valence-electron chi connectivity index (χ0n) is 10.0. The second kappa shape index (κ2) is 5.45. The minimum Gasteiger partial charge on any atom is -0.398 e. The number of amides is 1. The molecule has 1 aromatic carbocycles. The molecule has 0 aliphatic heterocycles. The fourth-order valence-corrected chi connectivity index (χ4v) is 2.16. The van der Waals surface area contributed by atoms with Crippen molar-refractivity contribution in [1.82, 2.24) is 4.90 Å². The van der Waals surface area contributed by atoms with Crippen molar-refractivity contribution in [1.29, 1.82) is 0 Å². The fraction of sp³-hybridized carbons (Fsp3) is 0.357. The van der Waals surface area contributed by atoms with Gasteiger partial charge in [0.1, 0.15) is 0 Å². The van der Waals surface area contributed by atoms with Crippen LogP contribution in [0.1, 0.15) is 23.2 Å². The maximum absolute atomic E-state index is 12.3. The molecule has 0 saturated heterocycles. The zero-order valence-corrected chi connectivity index (χ0v) is 11.6. The smallest absolute Gasteiger partial charge is 0.254 e. The zero-order chi connectivity index (χ0) is 13.1. The van der Waals surface area contributed by atoms with Gasteiger partial charge < -0.3 is 10.6 Å². The summed E-state index contributed by atoms with van der Waals surface area (Å²) in [5.41, 5.74) is 6.95. The first-order valence-electron chi connectivity index (χ1n) is 5.89. The van der Waals surface area contributed by atoms with Crippen molar-refractivity contribution in [3.63, 3.8) is 0 Å². The van der Waals surface area contributed by atoms with E-state index in [1.165, 1.54) is 12.8 Å². The molecule has 3 nitrogen and oxygen atoms in total. The average molecular weight is 307 g/mol. The van der Waals surface area contributed by atoms with Crippen molar-refractivity contribution < 1.29 is 4.79 Å². The number of rotatable bonds is 4. The lowest BCUT2D eigenvalue weighted by Crippen LogP contribution is -2.33. The van der Waals surface area contributed by atoms with E-state index in [9.17, 15) is 4.79 Å². The van der Waals surface area contributed by atoms with Crippen LogP contribution >= 0.6 is 15.9 Å². The molecule has 1 saturated carbocycles.